The Hall–Kier alpha value is -1.62. The predicted molar refractivity (Wildman–Crippen MR) is 84.0 cm³/mol. The molecule has 2 aliphatic carbocycles. The van der Waals surface area contributed by atoms with E-state index < -0.39 is 0 Å². The van der Waals surface area contributed by atoms with Crippen molar-refractivity contribution in [1.82, 2.24) is 4.98 Å². The number of hydrogen-bond donors (Lipinski definition) is 3. The molecular formula is C16H24N4O. The first-order valence-electron chi connectivity index (χ1n) is 7.95. The van der Waals surface area contributed by atoms with Gasteiger partial charge in [-0.15, -0.1) is 0 Å². The molecule has 3 rings (SSSR count). The van der Waals surface area contributed by atoms with Crippen LogP contribution in [0.3, 0.4) is 0 Å². The summed E-state index contributed by atoms with van der Waals surface area (Å²) < 4.78 is 0. The zero-order chi connectivity index (χ0) is 14.8. The number of aliphatic hydroxyl groups excluding tert-OH is 1. The third-order valence-corrected chi connectivity index (χ3v) is 4.70. The van der Waals surface area contributed by atoms with Gasteiger partial charge < -0.3 is 15.7 Å². The van der Waals surface area contributed by atoms with Gasteiger partial charge in [-0.25, -0.2) is 4.98 Å². The lowest BCUT2D eigenvalue weighted by Gasteiger charge is -2.31. The highest BCUT2D eigenvalue weighted by molar-refractivity contribution is 6.00. The first kappa shape index (κ1) is 14.3. The van der Waals surface area contributed by atoms with Crippen LogP contribution in [0, 0.1) is 5.41 Å². The van der Waals surface area contributed by atoms with Gasteiger partial charge in [0.15, 0.2) is 0 Å². The quantitative estimate of drug-likeness (QED) is 0.567. The first-order chi connectivity index (χ1) is 10.2. The van der Waals surface area contributed by atoms with Crippen LogP contribution in [0.2, 0.25) is 0 Å². The minimum atomic E-state index is 0.0770. The Labute approximate surface area is 125 Å². The number of amidine groups is 1. The fourth-order valence-electron chi connectivity index (χ4n) is 3.66. The Morgan fingerprint density at radius 1 is 1.33 bits per heavy atom. The highest BCUT2D eigenvalue weighted by Crippen LogP contribution is 2.32. The van der Waals surface area contributed by atoms with E-state index in [1.165, 1.54) is 18.4 Å². The van der Waals surface area contributed by atoms with E-state index in [1.807, 2.05) is 6.07 Å². The number of pyridine rings is 1. The van der Waals surface area contributed by atoms with Gasteiger partial charge in [0.05, 0.1) is 12.2 Å². The van der Waals surface area contributed by atoms with Crippen molar-refractivity contribution in [2.75, 3.05) is 18.1 Å². The number of nitrogen functional groups attached to an aromatic ring is 1. The van der Waals surface area contributed by atoms with Gasteiger partial charge >= 0.3 is 0 Å². The summed E-state index contributed by atoms with van der Waals surface area (Å²) in [5.74, 6) is 0.886. The van der Waals surface area contributed by atoms with E-state index >= 15 is 0 Å². The minimum Gasteiger partial charge on any atom is -0.395 e. The second-order valence-corrected chi connectivity index (χ2v) is 6.09. The molecule has 0 saturated heterocycles. The van der Waals surface area contributed by atoms with Crippen molar-refractivity contribution in [3.05, 3.63) is 22.9 Å². The molecule has 0 aliphatic heterocycles. The maximum Gasteiger partial charge on any atom is 0.140 e. The number of aliphatic hydroxyl groups is 1. The third-order valence-electron chi connectivity index (χ3n) is 4.70. The van der Waals surface area contributed by atoms with Gasteiger partial charge in [-0.3, -0.25) is 5.41 Å². The fourth-order valence-corrected chi connectivity index (χ4v) is 3.66. The molecule has 5 heteroatoms. The molecule has 21 heavy (non-hydrogen) atoms. The summed E-state index contributed by atoms with van der Waals surface area (Å²) in [7, 11) is 0. The number of hydrogen-bond acceptors (Lipinski definition) is 4. The fraction of sp³-hybridized carbons (Fsp3) is 0.625. The van der Waals surface area contributed by atoms with Crippen molar-refractivity contribution in [2.45, 2.75) is 51.0 Å². The van der Waals surface area contributed by atoms with Crippen molar-refractivity contribution in [3.63, 3.8) is 0 Å². The predicted octanol–water partition coefficient (Wildman–Crippen LogP) is 1.60. The number of nitrogens with one attached hydrogen (secondary N) is 1. The van der Waals surface area contributed by atoms with E-state index in [1.54, 1.807) is 0 Å². The molecule has 1 saturated carbocycles. The summed E-state index contributed by atoms with van der Waals surface area (Å²) in [5, 5.41) is 17.3. The molecule has 0 atom stereocenters. The normalized spacial score (nSPS) is 18.0. The van der Waals surface area contributed by atoms with Crippen molar-refractivity contribution in [3.8, 4) is 0 Å². The van der Waals surface area contributed by atoms with Crippen LogP contribution in [0.4, 0.5) is 5.82 Å². The maximum atomic E-state index is 9.43. The van der Waals surface area contributed by atoms with Crippen molar-refractivity contribution >= 4 is 11.7 Å². The van der Waals surface area contributed by atoms with Crippen LogP contribution in [-0.2, 0) is 12.8 Å². The molecule has 1 aromatic heterocycles. The van der Waals surface area contributed by atoms with Crippen LogP contribution < -0.4 is 10.6 Å². The van der Waals surface area contributed by atoms with Crippen LogP contribution in [0.5, 0.6) is 0 Å². The zero-order valence-corrected chi connectivity index (χ0v) is 12.4. The summed E-state index contributed by atoms with van der Waals surface area (Å²) in [4.78, 5) is 7.01. The number of fused-ring (bicyclic) bond motifs is 1. The van der Waals surface area contributed by atoms with E-state index in [9.17, 15) is 5.11 Å². The van der Waals surface area contributed by atoms with Gasteiger partial charge in [0, 0.05) is 18.3 Å². The van der Waals surface area contributed by atoms with Gasteiger partial charge in [-0.05, 0) is 43.7 Å². The Balaban J connectivity index is 2.02. The molecule has 114 valence electrons. The second-order valence-electron chi connectivity index (χ2n) is 6.09. The molecule has 0 amide bonds. The zero-order valence-electron chi connectivity index (χ0n) is 12.4. The third kappa shape index (κ3) is 2.75. The number of nitrogens with zero attached hydrogens (tertiary/aromatic N) is 2. The van der Waals surface area contributed by atoms with Crippen LogP contribution in [-0.4, -0.2) is 35.1 Å². The lowest BCUT2D eigenvalue weighted by Crippen LogP contribution is -2.38. The van der Waals surface area contributed by atoms with Crippen molar-refractivity contribution in [1.29, 1.82) is 5.41 Å². The summed E-state index contributed by atoms with van der Waals surface area (Å²) in [6.07, 6.45) is 7.91. The van der Waals surface area contributed by atoms with E-state index in [0.29, 0.717) is 12.6 Å². The van der Waals surface area contributed by atoms with Gasteiger partial charge in [0.1, 0.15) is 11.7 Å². The molecule has 2 aliphatic rings. The Morgan fingerprint density at radius 2 is 2.10 bits per heavy atom. The van der Waals surface area contributed by atoms with E-state index in [0.717, 1.165) is 49.2 Å². The van der Waals surface area contributed by atoms with E-state index in [-0.39, 0.29) is 12.4 Å². The Morgan fingerprint density at radius 3 is 2.76 bits per heavy atom. The van der Waals surface area contributed by atoms with Gasteiger partial charge in [-0.2, -0.15) is 0 Å². The second kappa shape index (κ2) is 6.02. The molecule has 0 radical (unpaired) electrons. The molecule has 0 unspecified atom stereocenters. The molecule has 0 aromatic carbocycles. The minimum absolute atomic E-state index is 0.0770. The molecule has 0 spiro atoms. The summed E-state index contributed by atoms with van der Waals surface area (Å²) in [6.45, 7) is 0.670. The average molecular weight is 288 g/mol. The molecule has 1 aromatic rings. The number of anilines is 1. The van der Waals surface area contributed by atoms with Crippen LogP contribution >= 0.6 is 0 Å². The van der Waals surface area contributed by atoms with Crippen molar-refractivity contribution < 1.29 is 5.11 Å². The highest BCUT2D eigenvalue weighted by Gasteiger charge is 2.27. The molecular weight excluding hydrogens is 264 g/mol. The van der Waals surface area contributed by atoms with Crippen molar-refractivity contribution in [2.24, 2.45) is 5.73 Å². The van der Waals surface area contributed by atoms with Crippen LogP contribution in [0.15, 0.2) is 6.07 Å². The number of aromatic nitrogens is 1. The monoisotopic (exact) mass is 288 g/mol. The van der Waals surface area contributed by atoms with E-state index in [2.05, 4.69) is 4.90 Å². The summed E-state index contributed by atoms with van der Waals surface area (Å²) in [6, 6.07) is 2.47. The molecule has 4 N–H and O–H groups in total. The highest BCUT2D eigenvalue weighted by atomic mass is 16.3. The first-order valence-corrected chi connectivity index (χ1v) is 7.95. The Bertz CT molecular complexity index is 537. The van der Waals surface area contributed by atoms with Gasteiger partial charge in [-0.1, -0.05) is 12.8 Å². The Kier molecular flexibility index (Phi) is 4.10. The topological polar surface area (TPSA) is 86.2 Å². The lowest BCUT2D eigenvalue weighted by molar-refractivity contribution is 0.296. The van der Waals surface area contributed by atoms with E-state index in [4.69, 9.17) is 16.1 Å². The maximum absolute atomic E-state index is 9.43. The number of nitrogens with two attached hydrogens (primary N) is 1. The molecule has 1 heterocycles. The van der Waals surface area contributed by atoms with Gasteiger partial charge in [0.25, 0.3) is 0 Å². The van der Waals surface area contributed by atoms with Gasteiger partial charge in [0.2, 0.25) is 0 Å². The standard InChI is InChI=1S/C16H24N4O/c17-15(18)13-10-11-4-3-7-14(11)19-16(13)20(8-9-21)12-5-1-2-6-12/h10,12,21H,1-9H2,(H3,17,18). The lowest BCUT2D eigenvalue weighted by atomic mass is 10.1. The SMILES string of the molecule is N=C(N)c1cc2c(nc1N(CCO)C1CCCC1)CCC2. The number of aryl methyl sites for hydroxylation is 2. The summed E-state index contributed by atoms with van der Waals surface area (Å²) >= 11 is 0. The largest absolute Gasteiger partial charge is 0.395 e. The molecule has 1 fully saturated rings. The summed E-state index contributed by atoms with van der Waals surface area (Å²) in [5.41, 5.74) is 8.91. The molecule has 0 bridgehead atoms. The molecule has 5 nitrogen and oxygen atoms in total. The van der Waals surface area contributed by atoms with Crippen LogP contribution in [0.1, 0.15) is 48.9 Å². The number of rotatable bonds is 5. The smallest absolute Gasteiger partial charge is 0.140 e. The van der Waals surface area contributed by atoms with Crippen LogP contribution in [0.25, 0.3) is 0 Å². The average Bonchev–Trinajstić information content (AvgIpc) is 3.14.